The molecule has 0 heterocycles. The van der Waals surface area contributed by atoms with E-state index in [-0.39, 0.29) is 17.0 Å². The molecule has 0 bridgehead atoms. The number of nitrogen functional groups attached to an aromatic ring is 1. The van der Waals surface area contributed by atoms with Crippen molar-refractivity contribution in [2.75, 3.05) is 11.1 Å². The Morgan fingerprint density at radius 2 is 1.54 bits per heavy atom. The molecule has 0 saturated carbocycles. The third-order valence-corrected chi connectivity index (χ3v) is 3.40. The third kappa shape index (κ3) is 3.47. The number of nitrogens with two attached hydrogens (primary N) is 1. The average Bonchev–Trinajstić information content (AvgIpc) is 2.60. The molecular formula is C19H16N2O3. The first-order valence-electron chi connectivity index (χ1n) is 7.35. The van der Waals surface area contributed by atoms with Crippen molar-refractivity contribution in [1.29, 1.82) is 0 Å². The number of para-hydroxylation sites is 2. The second kappa shape index (κ2) is 6.75. The van der Waals surface area contributed by atoms with Crippen LogP contribution < -0.4 is 15.8 Å². The Kier molecular flexibility index (Phi) is 4.34. The maximum absolute atomic E-state index is 12.2. The number of benzene rings is 3. The minimum Gasteiger partial charge on any atom is -0.505 e. The standard InChI is InChI=1S/C19H16N2O3/c20-17-8-4-7-16(18(17)22)19(23)21-13-9-11-15(12-10-13)24-14-5-2-1-3-6-14/h1-12,22H,20H2,(H,21,23). The molecule has 3 aromatic carbocycles. The van der Waals surface area contributed by atoms with Gasteiger partial charge in [-0.1, -0.05) is 24.3 Å². The predicted molar refractivity (Wildman–Crippen MR) is 93.4 cm³/mol. The number of hydrogen-bond acceptors (Lipinski definition) is 4. The normalized spacial score (nSPS) is 10.2. The van der Waals surface area contributed by atoms with E-state index in [1.807, 2.05) is 30.3 Å². The fourth-order valence-corrected chi connectivity index (χ4v) is 2.17. The molecule has 5 nitrogen and oxygen atoms in total. The van der Waals surface area contributed by atoms with E-state index in [9.17, 15) is 9.90 Å². The van der Waals surface area contributed by atoms with Crippen molar-refractivity contribution in [1.82, 2.24) is 0 Å². The Morgan fingerprint density at radius 1 is 0.875 bits per heavy atom. The minimum absolute atomic E-state index is 0.125. The number of rotatable bonds is 4. The summed E-state index contributed by atoms with van der Waals surface area (Å²) in [7, 11) is 0. The van der Waals surface area contributed by atoms with Crippen LogP contribution in [0, 0.1) is 0 Å². The van der Waals surface area contributed by atoms with Gasteiger partial charge < -0.3 is 20.9 Å². The molecule has 5 heteroatoms. The topological polar surface area (TPSA) is 84.6 Å². The lowest BCUT2D eigenvalue weighted by Gasteiger charge is -2.09. The third-order valence-electron chi connectivity index (χ3n) is 3.40. The van der Waals surface area contributed by atoms with Crippen LogP contribution in [0.3, 0.4) is 0 Å². The van der Waals surface area contributed by atoms with Crippen molar-refractivity contribution in [2.45, 2.75) is 0 Å². The van der Waals surface area contributed by atoms with E-state index in [2.05, 4.69) is 5.32 Å². The maximum Gasteiger partial charge on any atom is 0.259 e. The van der Waals surface area contributed by atoms with Crippen molar-refractivity contribution in [3.63, 3.8) is 0 Å². The highest BCUT2D eigenvalue weighted by atomic mass is 16.5. The van der Waals surface area contributed by atoms with Crippen LogP contribution in [0.25, 0.3) is 0 Å². The summed E-state index contributed by atoms with van der Waals surface area (Å²) >= 11 is 0. The Balaban J connectivity index is 1.70. The molecule has 0 aliphatic carbocycles. The van der Waals surface area contributed by atoms with Gasteiger partial charge in [-0.15, -0.1) is 0 Å². The number of ether oxygens (including phenoxy) is 1. The van der Waals surface area contributed by atoms with Gasteiger partial charge in [-0.2, -0.15) is 0 Å². The molecule has 4 N–H and O–H groups in total. The highest BCUT2D eigenvalue weighted by molar-refractivity contribution is 6.07. The van der Waals surface area contributed by atoms with Crippen LogP contribution in [-0.4, -0.2) is 11.0 Å². The van der Waals surface area contributed by atoms with Gasteiger partial charge >= 0.3 is 0 Å². The lowest BCUT2D eigenvalue weighted by atomic mass is 10.1. The van der Waals surface area contributed by atoms with Gasteiger partial charge in [0.05, 0.1) is 11.3 Å². The summed E-state index contributed by atoms with van der Waals surface area (Å²) in [5.74, 6) is 0.737. The molecule has 0 saturated heterocycles. The highest BCUT2D eigenvalue weighted by Crippen LogP contribution is 2.26. The second-order valence-corrected chi connectivity index (χ2v) is 5.14. The van der Waals surface area contributed by atoms with Crippen molar-refractivity contribution < 1.29 is 14.6 Å². The Morgan fingerprint density at radius 3 is 2.25 bits per heavy atom. The number of nitrogens with one attached hydrogen (secondary N) is 1. The zero-order valence-electron chi connectivity index (χ0n) is 12.8. The first-order valence-corrected chi connectivity index (χ1v) is 7.35. The molecule has 0 aromatic heterocycles. The first-order chi connectivity index (χ1) is 11.6. The molecule has 3 aromatic rings. The number of phenolic OH excluding ortho intramolecular Hbond substituents is 1. The average molecular weight is 320 g/mol. The van der Waals surface area contributed by atoms with Crippen LogP contribution in [0.1, 0.15) is 10.4 Å². The number of anilines is 2. The van der Waals surface area contributed by atoms with Crippen LogP contribution in [0.4, 0.5) is 11.4 Å². The maximum atomic E-state index is 12.2. The lowest BCUT2D eigenvalue weighted by molar-refractivity contribution is 0.102. The number of hydrogen-bond donors (Lipinski definition) is 3. The van der Waals surface area contributed by atoms with Gasteiger partial charge in [0.1, 0.15) is 11.5 Å². The molecule has 1 amide bonds. The molecule has 0 spiro atoms. The van der Waals surface area contributed by atoms with Gasteiger partial charge in [0.2, 0.25) is 0 Å². The molecule has 0 aliphatic rings. The molecule has 120 valence electrons. The van der Waals surface area contributed by atoms with E-state index in [0.717, 1.165) is 5.75 Å². The van der Waals surface area contributed by atoms with Gasteiger partial charge in [0, 0.05) is 5.69 Å². The van der Waals surface area contributed by atoms with E-state index in [1.165, 1.54) is 12.1 Å². The summed E-state index contributed by atoms with van der Waals surface area (Å²) in [6.45, 7) is 0. The van der Waals surface area contributed by atoms with E-state index in [0.29, 0.717) is 11.4 Å². The van der Waals surface area contributed by atoms with Crippen molar-refractivity contribution in [3.8, 4) is 17.2 Å². The van der Waals surface area contributed by atoms with Crippen LogP contribution in [-0.2, 0) is 0 Å². The largest absolute Gasteiger partial charge is 0.505 e. The monoisotopic (exact) mass is 320 g/mol. The molecule has 0 atom stereocenters. The number of carbonyl (C=O) groups excluding carboxylic acids is 1. The summed E-state index contributed by atoms with van der Waals surface area (Å²) in [6.07, 6.45) is 0. The van der Waals surface area contributed by atoms with E-state index >= 15 is 0 Å². The molecule has 3 rings (SSSR count). The Hall–Kier alpha value is -3.47. The van der Waals surface area contributed by atoms with E-state index in [4.69, 9.17) is 10.5 Å². The molecule has 24 heavy (non-hydrogen) atoms. The minimum atomic E-state index is -0.434. The van der Waals surface area contributed by atoms with E-state index < -0.39 is 5.91 Å². The smallest absolute Gasteiger partial charge is 0.259 e. The van der Waals surface area contributed by atoms with Gasteiger partial charge in [0.25, 0.3) is 5.91 Å². The van der Waals surface area contributed by atoms with Gasteiger partial charge in [-0.05, 0) is 48.5 Å². The number of aromatic hydroxyl groups is 1. The number of amides is 1. The van der Waals surface area contributed by atoms with Gasteiger partial charge in [-0.25, -0.2) is 0 Å². The molecular weight excluding hydrogens is 304 g/mol. The molecule has 0 aliphatic heterocycles. The second-order valence-electron chi connectivity index (χ2n) is 5.14. The summed E-state index contributed by atoms with van der Waals surface area (Å²) in [5.41, 5.74) is 6.47. The summed E-state index contributed by atoms with van der Waals surface area (Å²) in [6, 6.07) is 21.0. The Labute approximate surface area is 139 Å². The summed E-state index contributed by atoms with van der Waals surface area (Å²) in [5, 5.41) is 12.6. The Bertz CT molecular complexity index is 846. The zero-order chi connectivity index (χ0) is 16.9. The van der Waals surface area contributed by atoms with E-state index in [1.54, 1.807) is 30.3 Å². The van der Waals surface area contributed by atoms with Crippen LogP contribution >= 0.6 is 0 Å². The first kappa shape index (κ1) is 15.4. The van der Waals surface area contributed by atoms with Crippen LogP contribution in [0.15, 0.2) is 72.8 Å². The van der Waals surface area contributed by atoms with Gasteiger partial charge in [0.15, 0.2) is 5.75 Å². The number of phenols is 1. The van der Waals surface area contributed by atoms with Crippen LogP contribution in [0.5, 0.6) is 17.2 Å². The fourth-order valence-electron chi connectivity index (χ4n) is 2.17. The van der Waals surface area contributed by atoms with Crippen molar-refractivity contribution in [2.24, 2.45) is 0 Å². The molecule has 0 fully saturated rings. The fraction of sp³-hybridized carbons (Fsp3) is 0. The summed E-state index contributed by atoms with van der Waals surface area (Å²) < 4.78 is 5.69. The van der Waals surface area contributed by atoms with Crippen molar-refractivity contribution in [3.05, 3.63) is 78.4 Å². The van der Waals surface area contributed by atoms with Crippen molar-refractivity contribution >= 4 is 17.3 Å². The van der Waals surface area contributed by atoms with Gasteiger partial charge in [-0.3, -0.25) is 4.79 Å². The lowest BCUT2D eigenvalue weighted by Crippen LogP contribution is -2.12. The SMILES string of the molecule is Nc1cccc(C(=O)Nc2ccc(Oc3ccccc3)cc2)c1O. The zero-order valence-corrected chi connectivity index (χ0v) is 12.8. The molecule has 0 radical (unpaired) electrons. The van der Waals surface area contributed by atoms with Crippen LogP contribution in [0.2, 0.25) is 0 Å². The highest BCUT2D eigenvalue weighted by Gasteiger charge is 2.13. The molecule has 0 unspecified atom stereocenters. The number of carbonyl (C=O) groups is 1. The predicted octanol–water partition coefficient (Wildman–Crippen LogP) is 4.02. The quantitative estimate of drug-likeness (QED) is 0.501. The summed E-state index contributed by atoms with van der Waals surface area (Å²) in [4.78, 5) is 12.2.